The summed E-state index contributed by atoms with van der Waals surface area (Å²) in [6.45, 7) is 1.06. The average molecular weight is 755 g/mol. The molecule has 7 nitrogen and oxygen atoms in total. The second-order valence-corrected chi connectivity index (χ2v) is 14.2. The monoisotopic (exact) mass is 753 g/mol. The molecule has 1 N–H and O–H groups in total. The Labute approximate surface area is 298 Å². The highest BCUT2D eigenvalue weighted by molar-refractivity contribution is 7.92. The van der Waals surface area contributed by atoms with Gasteiger partial charge in [0.15, 0.2) is 0 Å². The van der Waals surface area contributed by atoms with Crippen LogP contribution >= 0.6 is 34.8 Å². The zero-order chi connectivity index (χ0) is 35.8. The zero-order valence-corrected chi connectivity index (χ0v) is 29.3. The van der Waals surface area contributed by atoms with Gasteiger partial charge in [-0.15, -0.1) is 0 Å². The first-order chi connectivity index (χ1) is 23.2. The van der Waals surface area contributed by atoms with E-state index in [0.29, 0.717) is 39.5 Å². The van der Waals surface area contributed by atoms with Crippen molar-refractivity contribution in [1.82, 2.24) is 10.2 Å². The summed E-state index contributed by atoms with van der Waals surface area (Å²) < 4.78 is 70.6. The summed E-state index contributed by atoms with van der Waals surface area (Å²) in [4.78, 5) is 29.3. The number of benzene rings is 4. The van der Waals surface area contributed by atoms with Gasteiger partial charge in [-0.05, 0) is 60.0 Å². The summed E-state index contributed by atoms with van der Waals surface area (Å²) in [6.07, 6.45) is -3.42. The fraction of sp³-hybridized carbons (Fsp3) is 0.257. The van der Waals surface area contributed by atoms with Gasteiger partial charge in [0.2, 0.25) is 11.8 Å². The van der Waals surface area contributed by atoms with Crippen molar-refractivity contribution in [1.29, 1.82) is 0 Å². The summed E-state index contributed by atoms with van der Waals surface area (Å²) in [5.74, 6) is -1.38. The molecule has 14 heteroatoms. The summed E-state index contributed by atoms with van der Waals surface area (Å²) in [5.41, 5.74) is -0.624. The standard InChI is InChI=1S/C35H33Cl3F3N3O4S/c1-2-3-18-42-34(46)32(19-24-10-6-4-7-11-24)43(22-25-14-15-26(36)20-31(25)38)33(45)23-44(49(47,48)28-12-8-5-9-13-28)27-16-17-30(37)29(21-27)35(39,40)41/h4-17,20-21,32H,2-3,18-19,22-23H2,1H3,(H,42,46). The predicted octanol–water partition coefficient (Wildman–Crippen LogP) is 8.42. The van der Waals surface area contributed by atoms with E-state index in [1.165, 1.54) is 35.2 Å². The van der Waals surface area contributed by atoms with Crippen molar-refractivity contribution in [2.75, 3.05) is 17.4 Å². The molecule has 0 spiro atoms. The van der Waals surface area contributed by atoms with Crippen LogP contribution in [0.25, 0.3) is 0 Å². The number of nitrogens with one attached hydrogen (secondary N) is 1. The van der Waals surface area contributed by atoms with E-state index in [-0.39, 0.29) is 22.9 Å². The maximum absolute atomic E-state index is 14.5. The summed E-state index contributed by atoms with van der Waals surface area (Å²) in [6, 6.07) is 21.9. The first kappa shape index (κ1) is 38.0. The Hall–Kier alpha value is -3.77. The van der Waals surface area contributed by atoms with Gasteiger partial charge in [-0.25, -0.2) is 8.42 Å². The average Bonchev–Trinajstić information content (AvgIpc) is 3.06. The molecule has 0 aliphatic rings. The van der Waals surface area contributed by atoms with Crippen LogP contribution in [0.15, 0.2) is 102 Å². The maximum Gasteiger partial charge on any atom is 0.417 e. The number of carbonyl (C=O) groups is 2. The number of alkyl halides is 3. The van der Waals surface area contributed by atoms with Crippen LogP contribution in [0.4, 0.5) is 18.9 Å². The van der Waals surface area contributed by atoms with Gasteiger partial charge >= 0.3 is 6.18 Å². The van der Waals surface area contributed by atoms with Crippen LogP contribution < -0.4 is 9.62 Å². The van der Waals surface area contributed by atoms with Crippen LogP contribution in [0, 0.1) is 0 Å². The fourth-order valence-electron chi connectivity index (χ4n) is 5.03. The molecular formula is C35H33Cl3F3N3O4S. The number of halogens is 6. The molecule has 0 radical (unpaired) electrons. The van der Waals surface area contributed by atoms with Crippen LogP contribution in [-0.2, 0) is 38.8 Å². The Morgan fingerprint density at radius 3 is 2.12 bits per heavy atom. The topological polar surface area (TPSA) is 86.8 Å². The van der Waals surface area contributed by atoms with Gasteiger partial charge in [0.05, 0.1) is 21.2 Å². The Morgan fingerprint density at radius 2 is 1.51 bits per heavy atom. The van der Waals surface area contributed by atoms with E-state index >= 15 is 0 Å². The third kappa shape index (κ3) is 9.91. The van der Waals surface area contributed by atoms with Crippen LogP contribution in [0.3, 0.4) is 0 Å². The molecule has 0 saturated carbocycles. The number of unbranched alkanes of at least 4 members (excludes halogenated alkanes) is 1. The number of anilines is 1. The normalized spacial score (nSPS) is 12.3. The Bertz CT molecular complexity index is 1860. The van der Waals surface area contributed by atoms with Crippen molar-refractivity contribution in [2.45, 2.75) is 49.8 Å². The SMILES string of the molecule is CCCCNC(=O)C(Cc1ccccc1)N(Cc1ccc(Cl)cc1Cl)C(=O)CN(c1ccc(Cl)c(C(F)(F)F)c1)S(=O)(=O)c1ccccc1. The second-order valence-electron chi connectivity index (χ2n) is 11.1. The number of sulfonamides is 1. The highest BCUT2D eigenvalue weighted by atomic mass is 35.5. The highest BCUT2D eigenvalue weighted by Crippen LogP contribution is 2.38. The third-order valence-electron chi connectivity index (χ3n) is 7.61. The molecule has 0 aliphatic carbocycles. The molecule has 1 unspecified atom stereocenters. The number of rotatable bonds is 14. The molecule has 0 fully saturated rings. The van der Waals surface area contributed by atoms with E-state index in [4.69, 9.17) is 34.8 Å². The smallest absolute Gasteiger partial charge is 0.354 e. The van der Waals surface area contributed by atoms with Gasteiger partial charge in [-0.2, -0.15) is 13.2 Å². The molecule has 4 aromatic rings. The van der Waals surface area contributed by atoms with Crippen LogP contribution in [0.2, 0.25) is 15.1 Å². The zero-order valence-electron chi connectivity index (χ0n) is 26.3. The van der Waals surface area contributed by atoms with Crippen LogP contribution in [-0.4, -0.2) is 44.3 Å². The number of amides is 2. The minimum Gasteiger partial charge on any atom is -0.354 e. The predicted molar refractivity (Wildman–Crippen MR) is 186 cm³/mol. The molecule has 4 rings (SSSR count). The lowest BCUT2D eigenvalue weighted by Crippen LogP contribution is -2.53. The Kier molecular flexibility index (Phi) is 13.0. The minimum atomic E-state index is -4.92. The molecule has 0 saturated heterocycles. The van der Waals surface area contributed by atoms with Gasteiger partial charge < -0.3 is 10.2 Å². The first-order valence-electron chi connectivity index (χ1n) is 15.2. The number of nitrogens with zero attached hydrogens (tertiary/aromatic N) is 2. The second kappa shape index (κ2) is 16.8. The maximum atomic E-state index is 14.5. The molecule has 2 amide bonds. The summed E-state index contributed by atoms with van der Waals surface area (Å²) in [7, 11) is -4.64. The molecule has 0 aromatic heterocycles. The van der Waals surface area contributed by atoms with E-state index in [9.17, 15) is 31.2 Å². The Morgan fingerprint density at radius 1 is 0.857 bits per heavy atom. The van der Waals surface area contributed by atoms with Crippen molar-refractivity contribution < 1.29 is 31.2 Å². The largest absolute Gasteiger partial charge is 0.417 e. The molecular weight excluding hydrogens is 722 g/mol. The van der Waals surface area contributed by atoms with E-state index in [1.807, 2.05) is 6.92 Å². The molecule has 0 bridgehead atoms. The van der Waals surface area contributed by atoms with Gasteiger partial charge in [0.25, 0.3) is 10.0 Å². The Balaban J connectivity index is 1.86. The lowest BCUT2D eigenvalue weighted by atomic mass is 10.0. The fourth-order valence-corrected chi connectivity index (χ4v) is 7.15. The lowest BCUT2D eigenvalue weighted by Gasteiger charge is -2.34. The number of hydrogen-bond acceptors (Lipinski definition) is 4. The van der Waals surface area contributed by atoms with E-state index < -0.39 is 56.9 Å². The molecule has 0 aliphatic heterocycles. The van der Waals surface area contributed by atoms with Gasteiger partial charge in [0, 0.05) is 29.6 Å². The molecule has 0 heterocycles. The van der Waals surface area contributed by atoms with Gasteiger partial charge in [0.1, 0.15) is 12.6 Å². The molecule has 49 heavy (non-hydrogen) atoms. The van der Waals surface area contributed by atoms with Crippen LogP contribution in [0.1, 0.15) is 36.5 Å². The number of carbonyl (C=O) groups excluding carboxylic acids is 2. The van der Waals surface area contributed by atoms with E-state index in [1.54, 1.807) is 48.5 Å². The lowest BCUT2D eigenvalue weighted by molar-refractivity contribution is -0.140. The van der Waals surface area contributed by atoms with Gasteiger partial charge in [-0.1, -0.05) is 103 Å². The summed E-state index contributed by atoms with van der Waals surface area (Å²) >= 11 is 18.5. The van der Waals surface area contributed by atoms with Crippen molar-refractivity contribution in [3.63, 3.8) is 0 Å². The minimum absolute atomic E-state index is 0.0420. The van der Waals surface area contributed by atoms with E-state index in [0.717, 1.165) is 18.6 Å². The molecule has 1 atom stereocenters. The highest BCUT2D eigenvalue weighted by Gasteiger charge is 2.37. The first-order valence-corrected chi connectivity index (χ1v) is 17.8. The summed E-state index contributed by atoms with van der Waals surface area (Å²) in [5, 5.41) is 2.73. The quantitative estimate of drug-likeness (QED) is 0.131. The van der Waals surface area contributed by atoms with Crippen LogP contribution in [0.5, 0.6) is 0 Å². The number of hydrogen-bond donors (Lipinski definition) is 1. The van der Waals surface area contributed by atoms with Crippen molar-refractivity contribution in [3.8, 4) is 0 Å². The van der Waals surface area contributed by atoms with Crippen molar-refractivity contribution in [3.05, 3.63) is 129 Å². The van der Waals surface area contributed by atoms with E-state index in [2.05, 4.69) is 5.32 Å². The third-order valence-corrected chi connectivity index (χ3v) is 10.3. The van der Waals surface area contributed by atoms with Crippen molar-refractivity contribution in [2.24, 2.45) is 0 Å². The van der Waals surface area contributed by atoms with Crippen molar-refractivity contribution >= 4 is 62.3 Å². The van der Waals surface area contributed by atoms with Gasteiger partial charge in [-0.3, -0.25) is 13.9 Å². The molecule has 260 valence electrons. The molecule has 4 aromatic carbocycles.